The van der Waals surface area contributed by atoms with Crippen LogP contribution in [0.2, 0.25) is 0 Å². The van der Waals surface area contributed by atoms with Crippen LogP contribution in [-0.2, 0) is 11.3 Å². The summed E-state index contributed by atoms with van der Waals surface area (Å²) in [7, 11) is 0. The fourth-order valence-electron chi connectivity index (χ4n) is 5.15. The molecule has 7 nitrogen and oxygen atoms in total. The fourth-order valence-corrected chi connectivity index (χ4v) is 6.07. The van der Waals surface area contributed by atoms with Crippen LogP contribution in [0.15, 0.2) is 64.5 Å². The molecular formula is C27H31N5O2S. The van der Waals surface area contributed by atoms with Gasteiger partial charge in [0.2, 0.25) is 11.7 Å². The second-order valence-corrected chi connectivity index (χ2v) is 10.5. The van der Waals surface area contributed by atoms with Crippen molar-refractivity contribution in [2.75, 3.05) is 6.54 Å². The zero-order chi connectivity index (χ0) is 24.4. The molecule has 0 aliphatic heterocycles. The van der Waals surface area contributed by atoms with Crippen LogP contribution in [0.3, 0.4) is 0 Å². The lowest BCUT2D eigenvalue weighted by Crippen LogP contribution is -2.44. The molecular weight excluding hydrogens is 458 g/mol. The van der Waals surface area contributed by atoms with E-state index >= 15 is 0 Å². The molecule has 0 radical (unpaired) electrons. The lowest BCUT2D eigenvalue weighted by Gasteiger charge is -2.35. The van der Waals surface area contributed by atoms with E-state index in [1.807, 2.05) is 70.8 Å². The van der Waals surface area contributed by atoms with E-state index in [0.29, 0.717) is 35.5 Å². The molecule has 1 aliphatic carbocycles. The average Bonchev–Trinajstić information content (AvgIpc) is 3.31. The third-order valence-electron chi connectivity index (χ3n) is 6.93. The topological polar surface area (TPSA) is 72.5 Å². The van der Waals surface area contributed by atoms with Crippen LogP contribution >= 0.6 is 11.8 Å². The molecule has 2 heterocycles. The quantitative estimate of drug-likeness (QED) is 0.350. The Bertz CT molecular complexity index is 1390. The van der Waals surface area contributed by atoms with E-state index in [1.165, 1.54) is 31.0 Å². The second-order valence-electron chi connectivity index (χ2n) is 9.19. The largest absolute Gasteiger partial charge is 0.339 e. The van der Waals surface area contributed by atoms with Crippen LogP contribution in [0.25, 0.3) is 16.7 Å². The van der Waals surface area contributed by atoms with Crippen molar-refractivity contribution in [1.29, 1.82) is 0 Å². The smallest absolute Gasteiger partial charge is 0.263 e. The van der Waals surface area contributed by atoms with Gasteiger partial charge in [0.15, 0.2) is 5.16 Å². The van der Waals surface area contributed by atoms with E-state index in [9.17, 15) is 9.59 Å². The maximum Gasteiger partial charge on any atom is 0.263 e. The van der Waals surface area contributed by atoms with Gasteiger partial charge < -0.3 is 4.90 Å². The Morgan fingerprint density at radius 3 is 2.51 bits per heavy atom. The van der Waals surface area contributed by atoms with Gasteiger partial charge in [-0.15, -0.1) is 10.2 Å². The Morgan fingerprint density at radius 1 is 1.06 bits per heavy atom. The minimum Gasteiger partial charge on any atom is -0.339 e. The van der Waals surface area contributed by atoms with Gasteiger partial charge in [0.25, 0.3) is 5.56 Å². The van der Waals surface area contributed by atoms with Crippen molar-refractivity contribution in [3.63, 3.8) is 0 Å². The molecule has 8 heteroatoms. The van der Waals surface area contributed by atoms with Gasteiger partial charge in [-0.2, -0.15) is 0 Å². The summed E-state index contributed by atoms with van der Waals surface area (Å²) in [5.41, 5.74) is 1.67. The average molecular weight is 490 g/mol. The van der Waals surface area contributed by atoms with Crippen LogP contribution in [0, 0.1) is 0 Å². The highest BCUT2D eigenvalue weighted by atomic mass is 32.2. The van der Waals surface area contributed by atoms with E-state index in [-0.39, 0.29) is 16.7 Å². The number of amides is 1. The van der Waals surface area contributed by atoms with Crippen LogP contribution in [-0.4, -0.2) is 47.8 Å². The first kappa shape index (κ1) is 23.6. The summed E-state index contributed by atoms with van der Waals surface area (Å²) in [5.74, 6) is 0.627. The van der Waals surface area contributed by atoms with Gasteiger partial charge in [0.05, 0.1) is 22.7 Å². The van der Waals surface area contributed by atoms with E-state index in [2.05, 4.69) is 17.1 Å². The van der Waals surface area contributed by atoms with Crippen LogP contribution in [0.5, 0.6) is 0 Å². The molecule has 35 heavy (non-hydrogen) atoms. The SMILES string of the molecule is CCN(C(=O)C(C)Sc1nnc2n(Cc3ccccc3)c(=O)c3ccccc3n12)C1CCCCC1. The molecule has 0 N–H and O–H groups in total. The van der Waals surface area contributed by atoms with Gasteiger partial charge in [-0.05, 0) is 44.4 Å². The molecule has 0 spiro atoms. The van der Waals surface area contributed by atoms with Gasteiger partial charge in [-0.1, -0.05) is 73.5 Å². The standard InChI is InChI=1S/C27H31N5O2S/c1-3-30(21-14-8-5-9-15-21)24(33)19(2)35-27-29-28-26-31(18-20-12-6-4-7-13-20)25(34)22-16-10-11-17-23(22)32(26)27/h4,6-7,10-13,16-17,19,21H,3,5,8-9,14-15,18H2,1-2H3. The molecule has 0 saturated heterocycles. The Kier molecular flexibility index (Phi) is 6.90. The number of carbonyl (C=O) groups excluding carboxylic acids is 1. The highest BCUT2D eigenvalue weighted by Crippen LogP contribution is 2.29. The number of hydrogen-bond acceptors (Lipinski definition) is 5. The lowest BCUT2D eigenvalue weighted by molar-refractivity contribution is -0.133. The maximum atomic E-state index is 13.5. The Hall–Kier alpha value is -3.13. The molecule has 182 valence electrons. The number of benzene rings is 2. The van der Waals surface area contributed by atoms with Crippen molar-refractivity contribution in [3.8, 4) is 0 Å². The normalized spacial score (nSPS) is 15.5. The summed E-state index contributed by atoms with van der Waals surface area (Å²) in [4.78, 5) is 28.9. The van der Waals surface area contributed by atoms with Crippen molar-refractivity contribution in [2.45, 2.75) is 68.9 Å². The molecule has 1 fully saturated rings. The predicted octanol–water partition coefficient (Wildman–Crippen LogP) is 4.75. The summed E-state index contributed by atoms with van der Waals surface area (Å²) < 4.78 is 3.59. The van der Waals surface area contributed by atoms with E-state index in [0.717, 1.165) is 23.9 Å². The number of nitrogens with zero attached hydrogens (tertiary/aromatic N) is 5. The third-order valence-corrected chi connectivity index (χ3v) is 7.96. The Labute approximate surface area is 209 Å². The number of para-hydroxylation sites is 1. The van der Waals surface area contributed by atoms with Gasteiger partial charge >= 0.3 is 0 Å². The molecule has 2 aromatic heterocycles. The summed E-state index contributed by atoms with van der Waals surface area (Å²) in [6, 6.07) is 17.7. The predicted molar refractivity (Wildman–Crippen MR) is 140 cm³/mol. The molecule has 0 bridgehead atoms. The van der Waals surface area contributed by atoms with Crippen molar-refractivity contribution < 1.29 is 4.79 Å². The number of rotatable bonds is 7. The maximum absolute atomic E-state index is 13.5. The van der Waals surface area contributed by atoms with Crippen LogP contribution in [0.1, 0.15) is 51.5 Å². The number of hydrogen-bond donors (Lipinski definition) is 0. The first-order chi connectivity index (χ1) is 17.1. The minimum atomic E-state index is -0.308. The Balaban J connectivity index is 1.52. The zero-order valence-electron chi connectivity index (χ0n) is 20.3. The number of thioether (sulfide) groups is 1. The van der Waals surface area contributed by atoms with Gasteiger partial charge in [0, 0.05) is 12.6 Å². The summed E-state index contributed by atoms with van der Waals surface area (Å²) in [6.07, 6.45) is 5.81. The molecule has 4 aromatic rings. The zero-order valence-corrected chi connectivity index (χ0v) is 21.1. The summed E-state index contributed by atoms with van der Waals surface area (Å²) >= 11 is 1.41. The molecule has 1 aliphatic rings. The molecule has 1 unspecified atom stereocenters. The van der Waals surface area contributed by atoms with Crippen LogP contribution in [0.4, 0.5) is 0 Å². The van der Waals surface area contributed by atoms with E-state index in [4.69, 9.17) is 0 Å². The van der Waals surface area contributed by atoms with Crippen molar-refractivity contribution in [1.82, 2.24) is 24.1 Å². The molecule has 1 atom stereocenters. The highest BCUT2D eigenvalue weighted by molar-refractivity contribution is 8.00. The van der Waals surface area contributed by atoms with Crippen LogP contribution < -0.4 is 5.56 Å². The second kappa shape index (κ2) is 10.2. The third kappa shape index (κ3) is 4.59. The van der Waals surface area contributed by atoms with Crippen molar-refractivity contribution in [2.24, 2.45) is 0 Å². The van der Waals surface area contributed by atoms with Gasteiger partial charge in [0.1, 0.15) is 0 Å². The number of carbonyl (C=O) groups is 1. The monoisotopic (exact) mass is 489 g/mol. The fraction of sp³-hybridized carbons (Fsp3) is 0.407. The molecule has 5 rings (SSSR count). The van der Waals surface area contributed by atoms with Crippen molar-refractivity contribution in [3.05, 3.63) is 70.5 Å². The highest BCUT2D eigenvalue weighted by Gasteiger charge is 2.29. The lowest BCUT2D eigenvalue weighted by atomic mass is 9.94. The number of aromatic nitrogens is 4. The minimum absolute atomic E-state index is 0.0977. The van der Waals surface area contributed by atoms with Crippen molar-refractivity contribution >= 4 is 34.3 Å². The first-order valence-corrected chi connectivity index (χ1v) is 13.3. The number of fused-ring (bicyclic) bond motifs is 3. The molecule has 1 saturated carbocycles. The molecule has 2 aromatic carbocycles. The molecule has 1 amide bonds. The summed E-state index contributed by atoms with van der Waals surface area (Å²) in [5, 5.41) is 9.80. The van der Waals surface area contributed by atoms with Gasteiger partial charge in [-0.25, -0.2) is 0 Å². The van der Waals surface area contributed by atoms with E-state index < -0.39 is 0 Å². The van der Waals surface area contributed by atoms with E-state index in [1.54, 1.807) is 4.57 Å². The first-order valence-electron chi connectivity index (χ1n) is 12.5. The van der Waals surface area contributed by atoms with Gasteiger partial charge in [-0.3, -0.25) is 18.6 Å². The summed E-state index contributed by atoms with van der Waals surface area (Å²) in [6.45, 7) is 5.12. The Morgan fingerprint density at radius 2 is 1.77 bits per heavy atom.